The van der Waals surface area contributed by atoms with Crippen molar-refractivity contribution in [1.29, 1.82) is 0 Å². The van der Waals surface area contributed by atoms with Gasteiger partial charge in [0.05, 0.1) is 6.54 Å². The monoisotopic (exact) mass is 397 g/mol. The summed E-state index contributed by atoms with van der Waals surface area (Å²) in [5, 5.41) is 2.74. The third-order valence-corrected chi connectivity index (χ3v) is 5.25. The summed E-state index contributed by atoms with van der Waals surface area (Å²) < 4.78 is 5.43. The maximum atomic E-state index is 12.1. The predicted molar refractivity (Wildman–Crippen MR) is 112 cm³/mol. The highest BCUT2D eigenvalue weighted by Crippen LogP contribution is 2.23. The summed E-state index contributed by atoms with van der Waals surface area (Å²) in [6.07, 6.45) is 3.03. The number of nitrogens with two attached hydrogens (primary N) is 1. The molecule has 2 aliphatic rings. The number of hydrogen-bond donors (Lipinski definition) is 2. The molecule has 0 unspecified atom stereocenters. The quantitative estimate of drug-likeness (QED) is 0.682. The molecule has 1 saturated heterocycles. The normalized spacial score (nSPS) is 18.6. The first-order chi connectivity index (χ1) is 14.0. The van der Waals surface area contributed by atoms with Crippen LogP contribution >= 0.6 is 0 Å². The molecule has 2 heterocycles. The molecule has 2 amide bonds. The lowest BCUT2D eigenvalue weighted by Crippen LogP contribution is -2.43. The van der Waals surface area contributed by atoms with Gasteiger partial charge in [-0.2, -0.15) is 0 Å². The van der Waals surface area contributed by atoms with E-state index in [1.54, 1.807) is 18.2 Å². The number of nitrogens with zero attached hydrogens (tertiary/aromatic N) is 3. The number of nitrogens with one attached hydrogen (secondary N) is 1. The lowest BCUT2D eigenvalue weighted by atomic mass is 9.96. The highest BCUT2D eigenvalue weighted by atomic mass is 16.5. The average Bonchev–Trinajstić information content (AvgIpc) is 2.74. The lowest BCUT2D eigenvalue weighted by Gasteiger charge is -2.32. The van der Waals surface area contributed by atoms with Crippen LogP contribution in [-0.2, 0) is 9.53 Å². The van der Waals surface area contributed by atoms with E-state index in [1.165, 1.54) is 0 Å². The highest BCUT2D eigenvalue weighted by Gasteiger charge is 2.26. The van der Waals surface area contributed by atoms with Gasteiger partial charge in [0.2, 0.25) is 11.8 Å². The summed E-state index contributed by atoms with van der Waals surface area (Å²) in [5.74, 6) is 0.877. The molecular formula is C21H27N5O3. The van der Waals surface area contributed by atoms with Crippen LogP contribution in [0.1, 0.15) is 42.1 Å². The Morgan fingerprint density at radius 3 is 2.76 bits per heavy atom. The first-order valence-electron chi connectivity index (χ1n) is 9.77. The molecule has 1 fully saturated rings. The highest BCUT2D eigenvalue weighted by molar-refractivity contribution is 6.02. The zero-order valence-electron chi connectivity index (χ0n) is 16.7. The first kappa shape index (κ1) is 20.7. The molecule has 0 bridgehead atoms. The van der Waals surface area contributed by atoms with Crippen molar-refractivity contribution < 1.29 is 14.3 Å². The molecule has 0 aromatic heterocycles. The summed E-state index contributed by atoms with van der Waals surface area (Å²) in [4.78, 5) is 34.2. The molecule has 154 valence electrons. The molecule has 3 rings (SSSR count). The summed E-state index contributed by atoms with van der Waals surface area (Å²) in [6, 6.07) is 6.99. The molecule has 29 heavy (non-hydrogen) atoms. The molecule has 1 aromatic rings. The van der Waals surface area contributed by atoms with Crippen LogP contribution in [0.15, 0.2) is 45.9 Å². The van der Waals surface area contributed by atoms with Crippen LogP contribution in [0, 0.1) is 5.92 Å². The van der Waals surface area contributed by atoms with E-state index in [4.69, 9.17) is 15.5 Å². The average molecular weight is 397 g/mol. The summed E-state index contributed by atoms with van der Waals surface area (Å²) in [5.41, 5.74) is 7.27. The standard InChI is InChI=1S/C21H27N5O3/c1-14(16-4-3-5-17(12-16)19(22)28)24-21-20(23-2)25-18(27)13-26(21)9-6-15-7-10-29-11-8-15/h3-5,12,15H,2,6-11,13H2,1H3,(H2,22,28)(H,25,27)/b24-14+. The fourth-order valence-corrected chi connectivity index (χ4v) is 3.54. The summed E-state index contributed by atoms with van der Waals surface area (Å²) in [6.45, 7) is 7.92. The van der Waals surface area contributed by atoms with Gasteiger partial charge in [-0.05, 0) is 56.5 Å². The van der Waals surface area contributed by atoms with E-state index in [0.717, 1.165) is 38.0 Å². The van der Waals surface area contributed by atoms with E-state index in [1.807, 2.05) is 17.9 Å². The zero-order valence-corrected chi connectivity index (χ0v) is 16.7. The van der Waals surface area contributed by atoms with E-state index in [9.17, 15) is 9.59 Å². The van der Waals surface area contributed by atoms with Crippen molar-refractivity contribution in [3.63, 3.8) is 0 Å². The van der Waals surface area contributed by atoms with Gasteiger partial charge in [-0.3, -0.25) is 9.59 Å². The zero-order chi connectivity index (χ0) is 20.8. The van der Waals surface area contributed by atoms with Gasteiger partial charge >= 0.3 is 0 Å². The Kier molecular flexibility index (Phi) is 6.77. The molecular weight excluding hydrogens is 370 g/mol. The molecule has 0 saturated carbocycles. The van der Waals surface area contributed by atoms with E-state index >= 15 is 0 Å². The third kappa shape index (κ3) is 5.29. The Bertz CT molecular complexity index is 856. The second kappa shape index (κ2) is 9.47. The number of carbonyl (C=O) groups is 2. The fraction of sp³-hybridized carbons (Fsp3) is 0.429. The van der Waals surface area contributed by atoms with Gasteiger partial charge in [0.15, 0.2) is 11.6 Å². The molecule has 0 radical (unpaired) electrons. The molecule has 0 atom stereocenters. The van der Waals surface area contributed by atoms with Crippen LogP contribution in [-0.4, -0.2) is 55.4 Å². The van der Waals surface area contributed by atoms with Gasteiger partial charge in [-0.15, -0.1) is 0 Å². The van der Waals surface area contributed by atoms with E-state index < -0.39 is 5.91 Å². The van der Waals surface area contributed by atoms with Crippen molar-refractivity contribution in [1.82, 2.24) is 10.2 Å². The molecule has 0 aliphatic carbocycles. The summed E-state index contributed by atoms with van der Waals surface area (Å²) in [7, 11) is 0. The van der Waals surface area contributed by atoms with Crippen LogP contribution in [0.5, 0.6) is 0 Å². The maximum absolute atomic E-state index is 12.1. The Labute approximate surface area is 170 Å². The second-order valence-corrected chi connectivity index (χ2v) is 7.29. The number of ether oxygens (including phenoxy) is 1. The van der Waals surface area contributed by atoms with Crippen molar-refractivity contribution in [3.8, 4) is 0 Å². The Morgan fingerprint density at radius 2 is 2.07 bits per heavy atom. The Balaban J connectivity index is 1.85. The van der Waals surface area contributed by atoms with Crippen LogP contribution in [0.2, 0.25) is 0 Å². The van der Waals surface area contributed by atoms with Gasteiger partial charge in [0.25, 0.3) is 0 Å². The van der Waals surface area contributed by atoms with E-state index in [-0.39, 0.29) is 12.5 Å². The van der Waals surface area contributed by atoms with Gasteiger partial charge in [0.1, 0.15) is 0 Å². The minimum atomic E-state index is -0.490. The topological polar surface area (TPSA) is 109 Å². The van der Waals surface area contributed by atoms with E-state index in [2.05, 4.69) is 17.0 Å². The van der Waals surface area contributed by atoms with Gasteiger partial charge in [-0.25, -0.2) is 9.98 Å². The van der Waals surface area contributed by atoms with Crippen molar-refractivity contribution in [2.45, 2.75) is 26.2 Å². The number of primary amides is 1. The van der Waals surface area contributed by atoms with E-state index in [0.29, 0.717) is 35.4 Å². The first-order valence-corrected chi connectivity index (χ1v) is 9.77. The SMILES string of the molecule is C=NC1=C(/N=C(\C)c2cccc(C(N)=O)c2)N(CCC2CCOCC2)CC(=O)N1. The third-order valence-electron chi connectivity index (χ3n) is 5.25. The molecule has 2 aliphatic heterocycles. The van der Waals surface area contributed by atoms with Gasteiger partial charge in [0, 0.05) is 31.0 Å². The summed E-state index contributed by atoms with van der Waals surface area (Å²) >= 11 is 0. The molecule has 3 N–H and O–H groups in total. The second-order valence-electron chi connectivity index (χ2n) is 7.29. The van der Waals surface area contributed by atoms with Crippen molar-refractivity contribution >= 4 is 24.2 Å². The molecule has 1 aromatic carbocycles. The van der Waals surface area contributed by atoms with Crippen LogP contribution < -0.4 is 11.1 Å². The van der Waals surface area contributed by atoms with Crippen molar-refractivity contribution in [2.24, 2.45) is 21.6 Å². The number of rotatable bonds is 7. The molecule has 0 spiro atoms. The molecule has 8 nitrogen and oxygen atoms in total. The Hall–Kier alpha value is -3.00. The van der Waals surface area contributed by atoms with Crippen LogP contribution in [0.3, 0.4) is 0 Å². The number of hydrogen-bond acceptors (Lipinski definition) is 6. The maximum Gasteiger partial charge on any atom is 0.248 e. The number of carbonyl (C=O) groups excluding carboxylic acids is 2. The lowest BCUT2D eigenvalue weighted by molar-refractivity contribution is -0.122. The predicted octanol–water partition coefficient (Wildman–Crippen LogP) is 1.67. The van der Waals surface area contributed by atoms with Crippen molar-refractivity contribution in [2.75, 3.05) is 26.3 Å². The fourth-order valence-electron chi connectivity index (χ4n) is 3.54. The molecule has 8 heteroatoms. The van der Waals surface area contributed by atoms with Crippen molar-refractivity contribution in [3.05, 3.63) is 47.0 Å². The number of benzene rings is 1. The van der Waals surface area contributed by atoms with Crippen LogP contribution in [0.4, 0.5) is 0 Å². The van der Waals surface area contributed by atoms with Crippen LogP contribution in [0.25, 0.3) is 0 Å². The minimum absolute atomic E-state index is 0.133. The minimum Gasteiger partial charge on any atom is -0.381 e. The number of amides is 2. The number of aliphatic imine (C=N–C) groups is 2. The largest absolute Gasteiger partial charge is 0.381 e. The van der Waals surface area contributed by atoms with Gasteiger partial charge in [-0.1, -0.05) is 12.1 Å². The smallest absolute Gasteiger partial charge is 0.248 e. The Morgan fingerprint density at radius 1 is 1.34 bits per heavy atom. The van der Waals surface area contributed by atoms with Gasteiger partial charge < -0.3 is 20.7 Å².